The van der Waals surface area contributed by atoms with Gasteiger partial charge in [0.15, 0.2) is 11.5 Å². The van der Waals surface area contributed by atoms with E-state index >= 15 is 0 Å². The van der Waals surface area contributed by atoms with Crippen LogP contribution in [0, 0.1) is 0 Å². The molecule has 5 nitrogen and oxygen atoms in total. The van der Waals surface area contributed by atoms with Gasteiger partial charge in [0.2, 0.25) is 5.88 Å². The zero-order valence-electron chi connectivity index (χ0n) is 17.9. The lowest BCUT2D eigenvalue weighted by atomic mass is 9.83. The third kappa shape index (κ3) is 2.91. The highest BCUT2D eigenvalue weighted by Gasteiger charge is 2.34. The van der Waals surface area contributed by atoms with E-state index in [1.54, 1.807) is 10.8 Å². The Morgan fingerprint density at radius 3 is 2.47 bits per heavy atom. The summed E-state index contributed by atoms with van der Waals surface area (Å²) in [6.07, 6.45) is 1.67. The number of aromatic nitrogens is 4. The lowest BCUT2D eigenvalue weighted by Gasteiger charge is -2.28. The SMILES string of the molecule is Clc1ccc(-c2nc3c4c(ncn3n2)Oc2c(ccc3ccccc23)C4c2ccccc2)cc1. The molecule has 1 atom stereocenters. The topological polar surface area (TPSA) is 52.3 Å². The van der Waals surface area contributed by atoms with Crippen molar-refractivity contribution in [2.75, 3.05) is 0 Å². The second-order valence-electron chi connectivity index (χ2n) is 8.32. The van der Waals surface area contributed by atoms with E-state index < -0.39 is 0 Å². The molecule has 0 saturated carbocycles. The Kier molecular flexibility index (Phi) is 4.19. The largest absolute Gasteiger partial charge is 0.438 e. The maximum atomic E-state index is 6.47. The lowest BCUT2D eigenvalue weighted by molar-refractivity contribution is 0.437. The van der Waals surface area contributed by atoms with Crippen molar-refractivity contribution in [2.24, 2.45) is 0 Å². The van der Waals surface area contributed by atoms with Crippen LogP contribution in [0.1, 0.15) is 22.6 Å². The molecular formula is C28H17ClN4O. The Morgan fingerprint density at radius 2 is 1.62 bits per heavy atom. The summed E-state index contributed by atoms with van der Waals surface area (Å²) in [5.74, 6) is 1.92. The number of fused-ring (bicyclic) bond motifs is 6. The molecule has 2 aromatic heterocycles. The highest BCUT2D eigenvalue weighted by Crippen LogP contribution is 2.50. The second kappa shape index (κ2) is 7.40. The molecule has 0 N–H and O–H groups in total. The van der Waals surface area contributed by atoms with Crippen LogP contribution in [-0.4, -0.2) is 19.6 Å². The number of benzene rings is 4. The lowest BCUT2D eigenvalue weighted by Crippen LogP contribution is -2.15. The van der Waals surface area contributed by atoms with E-state index in [1.807, 2.05) is 42.5 Å². The second-order valence-corrected chi connectivity index (χ2v) is 8.76. The molecule has 1 aliphatic heterocycles. The molecule has 6 aromatic rings. The first-order valence-corrected chi connectivity index (χ1v) is 11.4. The van der Waals surface area contributed by atoms with E-state index in [0.29, 0.717) is 16.7 Å². The van der Waals surface area contributed by atoms with Crippen LogP contribution in [-0.2, 0) is 0 Å². The fraction of sp³-hybridized carbons (Fsp3) is 0.0357. The molecule has 0 fully saturated rings. The molecule has 0 radical (unpaired) electrons. The summed E-state index contributed by atoms with van der Waals surface area (Å²) >= 11 is 6.08. The number of nitrogens with zero attached hydrogens (tertiary/aromatic N) is 4. The summed E-state index contributed by atoms with van der Waals surface area (Å²) < 4.78 is 8.20. The molecular weight excluding hydrogens is 444 g/mol. The first-order valence-electron chi connectivity index (χ1n) is 11.0. The fourth-order valence-electron chi connectivity index (χ4n) is 4.76. The van der Waals surface area contributed by atoms with E-state index in [1.165, 1.54) is 0 Å². The van der Waals surface area contributed by atoms with Crippen molar-refractivity contribution in [1.82, 2.24) is 19.6 Å². The summed E-state index contributed by atoms with van der Waals surface area (Å²) in [6, 6.07) is 30.5. The minimum absolute atomic E-state index is 0.0944. The molecule has 7 rings (SSSR count). The van der Waals surface area contributed by atoms with Gasteiger partial charge in [-0.3, -0.25) is 0 Å². The Hall–Kier alpha value is -4.22. The summed E-state index contributed by atoms with van der Waals surface area (Å²) in [7, 11) is 0. The highest BCUT2D eigenvalue weighted by molar-refractivity contribution is 6.30. The third-order valence-electron chi connectivity index (χ3n) is 6.33. The van der Waals surface area contributed by atoms with Crippen molar-refractivity contribution < 1.29 is 4.74 Å². The zero-order chi connectivity index (χ0) is 22.6. The Bertz CT molecular complexity index is 1690. The van der Waals surface area contributed by atoms with Crippen LogP contribution in [0.5, 0.6) is 11.6 Å². The molecule has 1 aliphatic rings. The van der Waals surface area contributed by atoms with Gasteiger partial charge in [0.1, 0.15) is 12.1 Å². The van der Waals surface area contributed by atoms with Gasteiger partial charge in [-0.25, -0.2) is 14.5 Å². The van der Waals surface area contributed by atoms with E-state index in [4.69, 9.17) is 26.4 Å². The van der Waals surface area contributed by atoms with Crippen molar-refractivity contribution in [3.05, 3.63) is 119 Å². The van der Waals surface area contributed by atoms with Crippen LogP contribution in [0.3, 0.4) is 0 Å². The predicted octanol–water partition coefficient (Wildman–Crippen LogP) is 6.88. The van der Waals surface area contributed by atoms with Crippen LogP contribution < -0.4 is 4.74 Å². The van der Waals surface area contributed by atoms with Crippen molar-refractivity contribution in [3.8, 4) is 23.0 Å². The van der Waals surface area contributed by atoms with Crippen LogP contribution >= 0.6 is 11.6 Å². The standard InChI is InChI=1S/C28H17ClN4O/c29-20-13-10-19(11-14-20)26-31-27-24-23(18-7-2-1-3-8-18)22-15-12-17-6-4-5-9-21(17)25(22)34-28(24)30-16-33(27)32-26/h1-16,23H. The number of rotatable bonds is 2. The minimum atomic E-state index is -0.0944. The van der Waals surface area contributed by atoms with Gasteiger partial charge in [-0.15, -0.1) is 5.10 Å². The zero-order valence-corrected chi connectivity index (χ0v) is 18.6. The van der Waals surface area contributed by atoms with Gasteiger partial charge in [0.05, 0.1) is 5.56 Å². The van der Waals surface area contributed by atoms with E-state index in [2.05, 4.69) is 53.5 Å². The first kappa shape index (κ1) is 19.3. The van der Waals surface area contributed by atoms with Crippen molar-refractivity contribution in [2.45, 2.75) is 5.92 Å². The van der Waals surface area contributed by atoms with Crippen LogP contribution in [0.4, 0.5) is 0 Å². The van der Waals surface area contributed by atoms with Crippen LogP contribution in [0.15, 0.2) is 97.3 Å². The molecule has 162 valence electrons. The number of halogens is 1. The van der Waals surface area contributed by atoms with Gasteiger partial charge < -0.3 is 4.74 Å². The maximum absolute atomic E-state index is 6.47. The Balaban J connectivity index is 1.51. The third-order valence-corrected chi connectivity index (χ3v) is 6.58. The summed E-state index contributed by atoms with van der Waals surface area (Å²) in [4.78, 5) is 9.59. The van der Waals surface area contributed by atoms with Gasteiger partial charge in [-0.1, -0.05) is 78.3 Å². The monoisotopic (exact) mass is 460 g/mol. The van der Waals surface area contributed by atoms with Crippen molar-refractivity contribution in [1.29, 1.82) is 0 Å². The van der Waals surface area contributed by atoms with Gasteiger partial charge >= 0.3 is 0 Å². The molecule has 3 heterocycles. The van der Waals surface area contributed by atoms with E-state index in [-0.39, 0.29) is 5.92 Å². The molecule has 0 amide bonds. The highest BCUT2D eigenvalue weighted by atomic mass is 35.5. The average molecular weight is 461 g/mol. The quantitative estimate of drug-likeness (QED) is 0.282. The Labute approximate surface area is 200 Å². The molecule has 1 unspecified atom stereocenters. The van der Waals surface area contributed by atoms with Gasteiger partial charge in [-0.2, -0.15) is 0 Å². The molecule has 6 heteroatoms. The van der Waals surface area contributed by atoms with E-state index in [0.717, 1.165) is 44.4 Å². The van der Waals surface area contributed by atoms with Crippen LogP contribution in [0.25, 0.3) is 27.8 Å². The number of hydrogen-bond acceptors (Lipinski definition) is 4. The normalized spacial score (nSPS) is 14.6. The number of hydrogen-bond donors (Lipinski definition) is 0. The van der Waals surface area contributed by atoms with Crippen molar-refractivity contribution in [3.63, 3.8) is 0 Å². The maximum Gasteiger partial charge on any atom is 0.228 e. The van der Waals surface area contributed by atoms with Crippen LogP contribution in [0.2, 0.25) is 5.02 Å². The first-order chi connectivity index (χ1) is 16.8. The minimum Gasteiger partial charge on any atom is -0.438 e. The molecule has 0 aliphatic carbocycles. The molecule has 0 bridgehead atoms. The summed E-state index contributed by atoms with van der Waals surface area (Å²) in [5, 5.41) is 7.57. The van der Waals surface area contributed by atoms with Crippen molar-refractivity contribution >= 4 is 28.0 Å². The smallest absolute Gasteiger partial charge is 0.228 e. The molecule has 34 heavy (non-hydrogen) atoms. The summed E-state index contributed by atoms with van der Waals surface area (Å²) in [5.41, 5.74) is 4.76. The Morgan fingerprint density at radius 1 is 0.824 bits per heavy atom. The average Bonchev–Trinajstić information content (AvgIpc) is 3.33. The van der Waals surface area contributed by atoms with Gasteiger partial charge in [-0.05, 0) is 35.2 Å². The number of ether oxygens (including phenoxy) is 1. The molecule has 4 aromatic carbocycles. The van der Waals surface area contributed by atoms with E-state index in [9.17, 15) is 0 Å². The molecule has 0 saturated heterocycles. The van der Waals surface area contributed by atoms with Gasteiger partial charge in [0.25, 0.3) is 0 Å². The van der Waals surface area contributed by atoms with Gasteiger partial charge in [0, 0.05) is 27.5 Å². The summed E-state index contributed by atoms with van der Waals surface area (Å²) in [6.45, 7) is 0. The predicted molar refractivity (Wildman–Crippen MR) is 133 cm³/mol. The fourth-order valence-corrected chi connectivity index (χ4v) is 4.89. The molecule has 0 spiro atoms.